The largest absolute Gasteiger partial charge is 0.467 e. The van der Waals surface area contributed by atoms with Crippen molar-refractivity contribution >= 4 is 18.0 Å². The molecular weight excluding hydrogens is 516 g/mol. The fourth-order valence-corrected chi connectivity index (χ4v) is 5.05. The first-order valence-corrected chi connectivity index (χ1v) is 13.6. The van der Waals surface area contributed by atoms with Crippen LogP contribution in [-0.2, 0) is 45.1 Å². The van der Waals surface area contributed by atoms with Crippen molar-refractivity contribution in [3.63, 3.8) is 0 Å². The number of benzene rings is 4. The predicted molar refractivity (Wildman–Crippen MR) is 156 cm³/mol. The minimum absolute atomic E-state index is 0.0932. The summed E-state index contributed by atoms with van der Waals surface area (Å²) in [4.78, 5) is 41.1. The van der Waals surface area contributed by atoms with Gasteiger partial charge in [0.15, 0.2) is 0 Å². The van der Waals surface area contributed by atoms with Gasteiger partial charge in [-0.2, -0.15) is 0 Å². The fraction of sp³-hybridized carbons (Fsp3) is 0.206. The van der Waals surface area contributed by atoms with Gasteiger partial charge in [-0.15, -0.1) is 0 Å². The summed E-state index contributed by atoms with van der Waals surface area (Å²) < 4.78 is 10.6. The minimum atomic E-state index is -0.922. The average Bonchev–Trinajstić information content (AvgIpc) is 3.03. The van der Waals surface area contributed by atoms with Gasteiger partial charge < -0.3 is 14.8 Å². The molecule has 7 heteroatoms. The summed E-state index contributed by atoms with van der Waals surface area (Å²) >= 11 is 0. The van der Waals surface area contributed by atoms with E-state index < -0.39 is 30.1 Å². The Morgan fingerprint density at radius 3 is 2.07 bits per heavy atom. The maximum atomic E-state index is 13.7. The van der Waals surface area contributed by atoms with Gasteiger partial charge in [-0.3, -0.25) is 9.69 Å². The van der Waals surface area contributed by atoms with Crippen LogP contribution in [0.15, 0.2) is 109 Å². The predicted octanol–water partition coefficient (Wildman–Crippen LogP) is 5.32. The summed E-state index contributed by atoms with van der Waals surface area (Å²) in [6.07, 6.45) is -0.0354. The van der Waals surface area contributed by atoms with Crippen molar-refractivity contribution in [3.05, 3.63) is 131 Å². The standard InChI is InChI=1S/C34H32N2O5/c1-40-33(38)30(20-24-16-18-27(19-17-24)26-12-6-3-7-13-26)35-32(37)31-21-28-14-8-9-15-29(28)22-36(31)34(39)41-23-25-10-4-2-5-11-25/h2-19,30-31H,20-23H2,1H3,(H,35,37)/t30-,31+/m1/s1. The SMILES string of the molecule is COC(=O)[C@@H](Cc1ccc(-c2ccccc2)cc1)NC(=O)[C@@H]1Cc2ccccc2CN1C(=O)OCc1ccccc1. The Kier molecular flexibility index (Phi) is 8.74. The summed E-state index contributed by atoms with van der Waals surface area (Å²) in [5.41, 5.74) is 5.80. The van der Waals surface area contributed by atoms with E-state index in [9.17, 15) is 14.4 Å². The van der Waals surface area contributed by atoms with E-state index in [2.05, 4.69) is 5.32 Å². The lowest BCUT2D eigenvalue weighted by Crippen LogP contribution is -2.56. The molecule has 1 heterocycles. The van der Waals surface area contributed by atoms with Crippen LogP contribution in [0.4, 0.5) is 4.79 Å². The highest BCUT2D eigenvalue weighted by Crippen LogP contribution is 2.25. The maximum Gasteiger partial charge on any atom is 0.411 e. The van der Waals surface area contributed by atoms with Crippen molar-refractivity contribution in [3.8, 4) is 11.1 Å². The van der Waals surface area contributed by atoms with Crippen LogP contribution < -0.4 is 5.32 Å². The molecule has 208 valence electrons. The van der Waals surface area contributed by atoms with Gasteiger partial charge in [-0.05, 0) is 33.4 Å². The first-order valence-electron chi connectivity index (χ1n) is 13.6. The first-order chi connectivity index (χ1) is 20.0. The van der Waals surface area contributed by atoms with E-state index in [1.165, 1.54) is 12.0 Å². The van der Waals surface area contributed by atoms with Gasteiger partial charge in [0.05, 0.1) is 13.7 Å². The Labute approximate surface area is 239 Å². The van der Waals surface area contributed by atoms with Crippen molar-refractivity contribution in [1.82, 2.24) is 10.2 Å². The molecule has 0 saturated carbocycles. The van der Waals surface area contributed by atoms with Crippen LogP contribution in [0.3, 0.4) is 0 Å². The van der Waals surface area contributed by atoms with Crippen molar-refractivity contribution in [1.29, 1.82) is 0 Å². The van der Waals surface area contributed by atoms with Gasteiger partial charge >= 0.3 is 12.1 Å². The molecule has 0 fully saturated rings. The number of fused-ring (bicyclic) bond motifs is 1. The number of rotatable bonds is 8. The van der Waals surface area contributed by atoms with E-state index in [-0.39, 0.29) is 19.6 Å². The molecule has 4 aromatic rings. The lowest BCUT2D eigenvalue weighted by Gasteiger charge is -2.35. The number of amides is 2. The molecule has 41 heavy (non-hydrogen) atoms. The molecule has 0 aromatic heterocycles. The highest BCUT2D eigenvalue weighted by Gasteiger charge is 2.37. The summed E-state index contributed by atoms with van der Waals surface area (Å²) in [7, 11) is 1.30. The molecule has 0 aliphatic carbocycles. The summed E-state index contributed by atoms with van der Waals surface area (Å²) in [5.74, 6) is -0.993. The van der Waals surface area contributed by atoms with Crippen LogP contribution in [0, 0.1) is 0 Å². The highest BCUT2D eigenvalue weighted by atomic mass is 16.6. The fourth-order valence-electron chi connectivity index (χ4n) is 5.05. The molecule has 0 unspecified atom stereocenters. The molecule has 0 bridgehead atoms. The highest BCUT2D eigenvalue weighted by molar-refractivity contribution is 5.90. The molecule has 0 saturated heterocycles. The zero-order chi connectivity index (χ0) is 28.6. The van der Waals surface area contributed by atoms with Gasteiger partial charge in [-0.25, -0.2) is 9.59 Å². The Hall–Kier alpha value is -4.91. The summed E-state index contributed by atoms with van der Waals surface area (Å²) in [5, 5.41) is 2.86. The zero-order valence-corrected chi connectivity index (χ0v) is 22.9. The van der Waals surface area contributed by atoms with E-state index in [4.69, 9.17) is 9.47 Å². The van der Waals surface area contributed by atoms with E-state index in [1.54, 1.807) is 0 Å². The van der Waals surface area contributed by atoms with Crippen molar-refractivity contribution in [2.45, 2.75) is 38.1 Å². The molecule has 1 aliphatic rings. The van der Waals surface area contributed by atoms with Crippen LogP contribution in [0.2, 0.25) is 0 Å². The quantitative estimate of drug-likeness (QED) is 0.302. The normalized spacial score (nSPS) is 14.9. The number of nitrogens with zero attached hydrogens (tertiary/aromatic N) is 1. The third-order valence-electron chi connectivity index (χ3n) is 7.29. The van der Waals surface area contributed by atoms with Gasteiger partial charge in [0.25, 0.3) is 0 Å². The second kappa shape index (κ2) is 13.0. The van der Waals surface area contributed by atoms with E-state index in [0.29, 0.717) is 6.42 Å². The first kappa shape index (κ1) is 27.6. The number of hydrogen-bond acceptors (Lipinski definition) is 5. The molecule has 2 amide bonds. The zero-order valence-electron chi connectivity index (χ0n) is 22.9. The Morgan fingerprint density at radius 1 is 0.780 bits per heavy atom. The number of ether oxygens (including phenoxy) is 2. The molecule has 1 N–H and O–H groups in total. The second-order valence-corrected chi connectivity index (χ2v) is 10.0. The van der Waals surface area contributed by atoms with Crippen LogP contribution in [0.25, 0.3) is 11.1 Å². The van der Waals surface area contributed by atoms with Crippen LogP contribution in [0.5, 0.6) is 0 Å². The van der Waals surface area contributed by atoms with Gasteiger partial charge in [0.1, 0.15) is 18.7 Å². The Bertz CT molecular complexity index is 1490. The number of methoxy groups -OCH3 is 1. The summed E-state index contributed by atoms with van der Waals surface area (Å²) in [6.45, 7) is 0.321. The average molecular weight is 549 g/mol. The molecule has 2 atom stereocenters. The number of hydrogen-bond donors (Lipinski definition) is 1. The van der Waals surface area contributed by atoms with Crippen molar-refractivity contribution in [2.24, 2.45) is 0 Å². The lowest BCUT2D eigenvalue weighted by molar-refractivity contribution is -0.145. The monoisotopic (exact) mass is 548 g/mol. The molecule has 5 rings (SSSR count). The topological polar surface area (TPSA) is 84.9 Å². The lowest BCUT2D eigenvalue weighted by atomic mass is 9.93. The summed E-state index contributed by atoms with van der Waals surface area (Å²) in [6, 6.07) is 33.2. The molecule has 0 radical (unpaired) electrons. The van der Waals surface area contributed by atoms with Gasteiger partial charge in [-0.1, -0.05) is 109 Å². The second-order valence-electron chi connectivity index (χ2n) is 10.0. The maximum absolute atomic E-state index is 13.7. The molecule has 7 nitrogen and oxygen atoms in total. The Balaban J connectivity index is 1.32. The number of nitrogens with one attached hydrogen (secondary N) is 1. The van der Waals surface area contributed by atoms with Crippen LogP contribution in [-0.4, -0.2) is 42.1 Å². The molecular formula is C34H32N2O5. The number of carbonyl (C=O) groups is 3. The third kappa shape index (κ3) is 6.81. The Morgan fingerprint density at radius 2 is 1.39 bits per heavy atom. The van der Waals surface area contributed by atoms with Gasteiger partial charge in [0, 0.05) is 12.8 Å². The number of carbonyl (C=O) groups excluding carboxylic acids is 3. The van der Waals surface area contributed by atoms with E-state index in [0.717, 1.165) is 33.4 Å². The molecule has 4 aromatic carbocycles. The molecule has 0 spiro atoms. The van der Waals surface area contributed by atoms with Crippen LogP contribution >= 0.6 is 0 Å². The van der Waals surface area contributed by atoms with Crippen molar-refractivity contribution in [2.75, 3.05) is 7.11 Å². The van der Waals surface area contributed by atoms with Crippen LogP contribution in [0.1, 0.15) is 22.3 Å². The smallest absolute Gasteiger partial charge is 0.411 e. The van der Waals surface area contributed by atoms with Gasteiger partial charge in [0.2, 0.25) is 5.91 Å². The van der Waals surface area contributed by atoms with Crippen molar-refractivity contribution < 1.29 is 23.9 Å². The minimum Gasteiger partial charge on any atom is -0.467 e. The molecule has 1 aliphatic heterocycles. The third-order valence-corrected chi connectivity index (χ3v) is 7.29. The number of esters is 1. The van der Waals surface area contributed by atoms with E-state index >= 15 is 0 Å². The van der Waals surface area contributed by atoms with E-state index in [1.807, 2.05) is 109 Å².